The molecule has 1 unspecified atom stereocenters. The van der Waals surface area contributed by atoms with Crippen LogP contribution in [0.25, 0.3) is 0 Å². The molecule has 1 saturated heterocycles. The molecule has 1 aliphatic heterocycles. The van der Waals surface area contributed by atoms with Gasteiger partial charge in [0, 0.05) is 32.6 Å². The minimum atomic E-state index is -0.768. The van der Waals surface area contributed by atoms with Crippen LogP contribution in [0.5, 0.6) is 0 Å². The summed E-state index contributed by atoms with van der Waals surface area (Å²) in [6.45, 7) is 5.29. The molecule has 1 heterocycles. The van der Waals surface area contributed by atoms with Crippen LogP contribution >= 0.6 is 0 Å². The second kappa shape index (κ2) is 5.18. The van der Waals surface area contributed by atoms with Gasteiger partial charge in [-0.25, -0.2) is 4.79 Å². The maximum absolute atomic E-state index is 11.8. The highest BCUT2D eigenvalue weighted by Gasteiger charge is 2.30. The molecule has 16 heavy (non-hydrogen) atoms. The minimum Gasteiger partial charge on any atom is -0.481 e. The smallest absolute Gasteiger partial charge is 0.319 e. The molecule has 0 aromatic heterocycles. The predicted octanol–water partition coefficient (Wildman–Crippen LogP) is 1.24. The molecule has 92 valence electrons. The van der Waals surface area contributed by atoms with Crippen molar-refractivity contribution < 1.29 is 14.7 Å². The van der Waals surface area contributed by atoms with Gasteiger partial charge in [0.1, 0.15) is 0 Å². The van der Waals surface area contributed by atoms with Crippen molar-refractivity contribution in [3.63, 3.8) is 0 Å². The van der Waals surface area contributed by atoms with Gasteiger partial charge < -0.3 is 14.9 Å². The van der Waals surface area contributed by atoms with Crippen molar-refractivity contribution in [1.29, 1.82) is 0 Å². The standard InChI is InChI=1S/C11H20N2O3/c1-8(2)13-7-9(4-5-10(14)15)6-12(3)11(13)16/h8-9H,4-7H2,1-3H3,(H,14,15). The fourth-order valence-corrected chi connectivity index (χ4v) is 2.04. The molecular formula is C11H20N2O3. The maximum atomic E-state index is 11.8. The average molecular weight is 228 g/mol. The molecule has 0 bridgehead atoms. The van der Waals surface area contributed by atoms with Gasteiger partial charge in [0.25, 0.3) is 0 Å². The van der Waals surface area contributed by atoms with Gasteiger partial charge in [-0.15, -0.1) is 0 Å². The number of rotatable bonds is 4. The fraction of sp³-hybridized carbons (Fsp3) is 0.818. The Morgan fingerprint density at radius 2 is 2.12 bits per heavy atom. The Balaban J connectivity index is 2.56. The van der Waals surface area contributed by atoms with Crippen LogP contribution in [-0.4, -0.2) is 53.1 Å². The summed E-state index contributed by atoms with van der Waals surface area (Å²) in [6, 6.07) is 0.212. The Hall–Kier alpha value is -1.26. The van der Waals surface area contributed by atoms with E-state index in [1.54, 1.807) is 16.8 Å². The second-order valence-electron chi connectivity index (χ2n) is 4.71. The Kier molecular flexibility index (Phi) is 4.15. The normalized spacial score (nSPS) is 21.8. The van der Waals surface area contributed by atoms with Crippen molar-refractivity contribution >= 4 is 12.0 Å². The summed E-state index contributed by atoms with van der Waals surface area (Å²) in [4.78, 5) is 25.8. The zero-order valence-corrected chi connectivity index (χ0v) is 10.1. The average Bonchev–Trinajstić information content (AvgIpc) is 2.19. The SMILES string of the molecule is CC(C)N1CC(CCC(=O)O)CN(C)C1=O. The number of carboxylic acid groups (broad SMARTS) is 1. The van der Waals surface area contributed by atoms with Crippen molar-refractivity contribution in [1.82, 2.24) is 9.80 Å². The van der Waals surface area contributed by atoms with E-state index < -0.39 is 5.97 Å². The molecule has 2 amide bonds. The number of carbonyl (C=O) groups excluding carboxylic acids is 1. The zero-order chi connectivity index (χ0) is 12.3. The maximum Gasteiger partial charge on any atom is 0.319 e. The Bertz CT molecular complexity index is 278. The highest BCUT2D eigenvalue weighted by atomic mass is 16.4. The van der Waals surface area contributed by atoms with E-state index in [2.05, 4.69) is 0 Å². The van der Waals surface area contributed by atoms with Crippen LogP contribution < -0.4 is 0 Å². The summed E-state index contributed by atoms with van der Waals surface area (Å²) in [5, 5.41) is 8.64. The van der Waals surface area contributed by atoms with Crippen LogP contribution in [-0.2, 0) is 4.79 Å². The van der Waals surface area contributed by atoms with Crippen molar-refractivity contribution in [2.45, 2.75) is 32.7 Å². The van der Waals surface area contributed by atoms with Gasteiger partial charge in [-0.05, 0) is 26.2 Å². The summed E-state index contributed by atoms with van der Waals surface area (Å²) in [7, 11) is 1.77. The number of urea groups is 1. The van der Waals surface area contributed by atoms with Crippen molar-refractivity contribution in [2.24, 2.45) is 5.92 Å². The van der Waals surface area contributed by atoms with Crippen molar-refractivity contribution in [3.8, 4) is 0 Å². The summed E-state index contributed by atoms with van der Waals surface area (Å²) in [5.41, 5.74) is 0. The third-order valence-electron chi connectivity index (χ3n) is 2.95. The van der Waals surface area contributed by atoms with E-state index in [-0.39, 0.29) is 24.4 Å². The van der Waals surface area contributed by atoms with E-state index in [1.165, 1.54) is 0 Å². The molecule has 1 aliphatic rings. The third kappa shape index (κ3) is 3.12. The molecule has 0 spiro atoms. The molecule has 5 nitrogen and oxygen atoms in total. The molecular weight excluding hydrogens is 208 g/mol. The highest BCUT2D eigenvalue weighted by Crippen LogP contribution is 2.19. The molecule has 0 aromatic rings. The van der Waals surface area contributed by atoms with Gasteiger partial charge in [0.15, 0.2) is 0 Å². The molecule has 1 rings (SSSR count). The summed E-state index contributed by atoms with van der Waals surface area (Å²) >= 11 is 0. The van der Waals surface area contributed by atoms with Crippen LogP contribution in [0.15, 0.2) is 0 Å². The van der Waals surface area contributed by atoms with E-state index in [0.717, 1.165) is 0 Å². The van der Waals surface area contributed by atoms with Crippen LogP contribution in [0.4, 0.5) is 4.79 Å². The number of aliphatic carboxylic acids is 1. The highest BCUT2D eigenvalue weighted by molar-refractivity contribution is 5.75. The number of hydrogen-bond acceptors (Lipinski definition) is 2. The molecule has 1 atom stereocenters. The lowest BCUT2D eigenvalue weighted by Crippen LogP contribution is -2.54. The largest absolute Gasteiger partial charge is 0.481 e. The number of nitrogens with zero attached hydrogens (tertiary/aromatic N) is 2. The number of carboxylic acids is 1. The first-order valence-corrected chi connectivity index (χ1v) is 5.65. The first-order valence-electron chi connectivity index (χ1n) is 5.65. The molecule has 1 N–H and O–H groups in total. The molecule has 0 radical (unpaired) electrons. The van der Waals surface area contributed by atoms with Crippen LogP contribution in [0.2, 0.25) is 0 Å². The lowest BCUT2D eigenvalue weighted by Gasteiger charge is -2.40. The van der Waals surface area contributed by atoms with Gasteiger partial charge >= 0.3 is 12.0 Å². The van der Waals surface area contributed by atoms with Crippen LogP contribution in [0.1, 0.15) is 26.7 Å². The first kappa shape index (κ1) is 12.8. The first-order chi connectivity index (χ1) is 7.41. The van der Waals surface area contributed by atoms with E-state index in [1.807, 2.05) is 13.8 Å². The van der Waals surface area contributed by atoms with E-state index in [9.17, 15) is 9.59 Å². The van der Waals surface area contributed by atoms with Gasteiger partial charge in [-0.1, -0.05) is 0 Å². The van der Waals surface area contributed by atoms with Gasteiger partial charge in [-0.2, -0.15) is 0 Å². The molecule has 1 fully saturated rings. The molecule has 5 heteroatoms. The number of carbonyl (C=O) groups is 2. The van der Waals surface area contributed by atoms with Crippen LogP contribution in [0.3, 0.4) is 0 Å². The van der Waals surface area contributed by atoms with Gasteiger partial charge in [-0.3, -0.25) is 4.79 Å². The summed E-state index contributed by atoms with van der Waals surface area (Å²) in [6.07, 6.45) is 0.814. The Morgan fingerprint density at radius 3 is 2.62 bits per heavy atom. The molecule has 0 aromatic carbocycles. The number of hydrogen-bond donors (Lipinski definition) is 1. The zero-order valence-electron chi connectivity index (χ0n) is 10.1. The van der Waals surface area contributed by atoms with E-state index in [0.29, 0.717) is 19.5 Å². The van der Waals surface area contributed by atoms with Gasteiger partial charge in [0.2, 0.25) is 0 Å². The Morgan fingerprint density at radius 1 is 1.50 bits per heavy atom. The van der Waals surface area contributed by atoms with Gasteiger partial charge in [0.05, 0.1) is 0 Å². The Labute approximate surface area is 96.0 Å². The van der Waals surface area contributed by atoms with Crippen molar-refractivity contribution in [3.05, 3.63) is 0 Å². The fourth-order valence-electron chi connectivity index (χ4n) is 2.04. The lowest BCUT2D eigenvalue weighted by molar-refractivity contribution is -0.137. The van der Waals surface area contributed by atoms with E-state index in [4.69, 9.17) is 5.11 Å². The third-order valence-corrected chi connectivity index (χ3v) is 2.95. The lowest BCUT2D eigenvalue weighted by atomic mass is 9.99. The van der Waals surface area contributed by atoms with Crippen LogP contribution in [0, 0.1) is 5.92 Å². The molecule has 0 saturated carbocycles. The second-order valence-corrected chi connectivity index (χ2v) is 4.71. The minimum absolute atomic E-state index is 0.0431. The predicted molar refractivity (Wildman–Crippen MR) is 60.2 cm³/mol. The monoisotopic (exact) mass is 228 g/mol. The topological polar surface area (TPSA) is 60.9 Å². The van der Waals surface area contributed by atoms with E-state index >= 15 is 0 Å². The van der Waals surface area contributed by atoms with Crippen molar-refractivity contribution in [2.75, 3.05) is 20.1 Å². The quantitative estimate of drug-likeness (QED) is 0.787. The molecule has 0 aliphatic carbocycles. The summed E-state index contributed by atoms with van der Waals surface area (Å²) in [5.74, 6) is -0.503. The summed E-state index contributed by atoms with van der Waals surface area (Å²) < 4.78 is 0. The number of amides is 2.